The Morgan fingerprint density at radius 2 is 2.59 bits per heavy atom. The van der Waals surface area contributed by atoms with Gasteiger partial charge in [-0.05, 0) is 18.8 Å². The first-order chi connectivity index (χ1) is 8.24. The van der Waals surface area contributed by atoms with Gasteiger partial charge in [-0.15, -0.1) is 11.3 Å². The fraction of sp³-hybridized carbons (Fsp3) is 0.636. The lowest BCUT2D eigenvalue weighted by atomic mass is 9.98. The number of hydrogen-bond acceptors (Lipinski definition) is 5. The number of ether oxygens (including phenoxy) is 1. The predicted octanol–water partition coefficient (Wildman–Crippen LogP) is 1.16. The Labute approximate surface area is 104 Å². The molecule has 0 unspecified atom stereocenters. The lowest BCUT2D eigenvalue weighted by Gasteiger charge is -2.21. The van der Waals surface area contributed by atoms with Gasteiger partial charge in [0.25, 0.3) is 0 Å². The van der Waals surface area contributed by atoms with Crippen molar-refractivity contribution in [2.75, 3.05) is 18.9 Å². The van der Waals surface area contributed by atoms with Crippen molar-refractivity contribution in [2.24, 2.45) is 5.92 Å². The molecule has 17 heavy (non-hydrogen) atoms. The summed E-state index contributed by atoms with van der Waals surface area (Å²) in [6, 6.07) is 0. The number of carbonyl (C=O) groups is 1. The van der Waals surface area contributed by atoms with Crippen molar-refractivity contribution in [1.29, 1.82) is 0 Å². The van der Waals surface area contributed by atoms with Crippen LogP contribution in [0, 0.1) is 5.92 Å². The molecule has 1 amide bonds. The van der Waals surface area contributed by atoms with Gasteiger partial charge in [-0.2, -0.15) is 0 Å². The van der Waals surface area contributed by atoms with Crippen LogP contribution in [0.4, 0.5) is 5.13 Å². The second-order valence-corrected chi connectivity index (χ2v) is 5.13. The fourth-order valence-electron chi connectivity index (χ4n) is 1.90. The van der Waals surface area contributed by atoms with E-state index >= 15 is 0 Å². The number of hydrogen-bond donors (Lipinski definition) is 2. The van der Waals surface area contributed by atoms with Crippen molar-refractivity contribution < 1.29 is 9.53 Å². The lowest BCUT2D eigenvalue weighted by molar-refractivity contribution is -0.123. The molecule has 1 saturated heterocycles. The van der Waals surface area contributed by atoms with E-state index in [0.717, 1.165) is 25.1 Å². The second kappa shape index (κ2) is 5.97. The fourth-order valence-corrected chi connectivity index (χ4v) is 2.46. The third-order valence-corrected chi connectivity index (χ3v) is 3.49. The van der Waals surface area contributed by atoms with E-state index in [1.54, 1.807) is 0 Å². The van der Waals surface area contributed by atoms with Gasteiger partial charge in [0, 0.05) is 25.0 Å². The number of nitrogen functional groups attached to an aromatic ring is 1. The maximum atomic E-state index is 11.7. The van der Waals surface area contributed by atoms with Gasteiger partial charge in [-0.25, -0.2) is 4.98 Å². The molecule has 2 heterocycles. The number of nitrogens with zero attached hydrogens (tertiary/aromatic N) is 1. The molecule has 1 aliphatic rings. The summed E-state index contributed by atoms with van der Waals surface area (Å²) in [5, 5.41) is 5.25. The number of anilines is 1. The molecule has 1 aromatic heterocycles. The Hall–Kier alpha value is -1.14. The monoisotopic (exact) mass is 255 g/mol. The minimum absolute atomic E-state index is 0.0621. The second-order valence-electron chi connectivity index (χ2n) is 4.24. The first-order valence-corrected chi connectivity index (χ1v) is 6.66. The molecule has 0 bridgehead atoms. The Kier molecular flexibility index (Phi) is 4.33. The minimum Gasteiger partial charge on any atom is -0.381 e. The van der Waals surface area contributed by atoms with E-state index in [9.17, 15) is 4.79 Å². The molecule has 2 rings (SSSR count). The first-order valence-electron chi connectivity index (χ1n) is 5.78. The Morgan fingerprint density at radius 1 is 1.71 bits per heavy atom. The molecule has 0 spiro atoms. The average molecular weight is 255 g/mol. The summed E-state index contributed by atoms with van der Waals surface area (Å²) < 4.78 is 5.34. The zero-order valence-electron chi connectivity index (χ0n) is 9.65. The topological polar surface area (TPSA) is 77.2 Å². The molecular formula is C11H17N3O2S. The van der Waals surface area contributed by atoms with Gasteiger partial charge in [0.15, 0.2) is 5.13 Å². The lowest BCUT2D eigenvalue weighted by Crippen LogP contribution is -2.28. The Morgan fingerprint density at radius 3 is 3.24 bits per heavy atom. The summed E-state index contributed by atoms with van der Waals surface area (Å²) in [4.78, 5) is 15.8. The van der Waals surface area contributed by atoms with E-state index in [1.807, 2.05) is 5.38 Å². The smallest absolute Gasteiger partial charge is 0.220 e. The van der Waals surface area contributed by atoms with Gasteiger partial charge in [-0.3, -0.25) is 4.79 Å². The van der Waals surface area contributed by atoms with E-state index in [4.69, 9.17) is 10.5 Å². The molecule has 1 atom stereocenters. The number of thiazole rings is 1. The van der Waals surface area contributed by atoms with Crippen LogP contribution >= 0.6 is 11.3 Å². The molecule has 5 nitrogen and oxygen atoms in total. The molecule has 1 aliphatic heterocycles. The highest BCUT2D eigenvalue weighted by Gasteiger charge is 2.17. The Balaban J connectivity index is 1.70. The third-order valence-electron chi connectivity index (χ3n) is 2.76. The van der Waals surface area contributed by atoms with Crippen LogP contribution in [-0.2, 0) is 16.1 Å². The number of amides is 1. The summed E-state index contributed by atoms with van der Waals surface area (Å²) in [6.07, 6.45) is 2.68. The van der Waals surface area contributed by atoms with E-state index in [2.05, 4.69) is 10.3 Å². The van der Waals surface area contributed by atoms with Gasteiger partial charge in [0.05, 0.1) is 12.2 Å². The molecule has 6 heteroatoms. The zero-order chi connectivity index (χ0) is 12.1. The van der Waals surface area contributed by atoms with Gasteiger partial charge >= 0.3 is 0 Å². The molecular weight excluding hydrogens is 238 g/mol. The molecule has 3 N–H and O–H groups in total. The molecule has 0 radical (unpaired) electrons. The maximum absolute atomic E-state index is 11.7. The highest BCUT2D eigenvalue weighted by molar-refractivity contribution is 7.13. The van der Waals surface area contributed by atoms with Crippen molar-refractivity contribution >= 4 is 22.4 Å². The number of rotatable bonds is 4. The zero-order valence-corrected chi connectivity index (χ0v) is 10.5. The third kappa shape index (κ3) is 3.98. The van der Waals surface area contributed by atoms with E-state index in [1.165, 1.54) is 11.3 Å². The highest BCUT2D eigenvalue weighted by atomic mass is 32.1. The SMILES string of the molecule is Nc1nc(CNC(=O)C[C@H]2CCCOC2)cs1. The molecule has 0 aliphatic carbocycles. The highest BCUT2D eigenvalue weighted by Crippen LogP contribution is 2.17. The summed E-state index contributed by atoms with van der Waals surface area (Å²) in [5.41, 5.74) is 6.33. The van der Waals surface area contributed by atoms with E-state index < -0.39 is 0 Å². The quantitative estimate of drug-likeness (QED) is 0.846. The van der Waals surface area contributed by atoms with Gasteiger partial charge in [0.2, 0.25) is 5.91 Å². The first kappa shape index (κ1) is 12.3. The van der Waals surface area contributed by atoms with Gasteiger partial charge < -0.3 is 15.8 Å². The summed E-state index contributed by atoms with van der Waals surface area (Å²) in [5.74, 6) is 0.427. The summed E-state index contributed by atoms with van der Waals surface area (Å²) in [6.45, 7) is 1.99. The molecule has 0 saturated carbocycles. The molecule has 94 valence electrons. The normalized spacial score (nSPS) is 20.1. The van der Waals surface area contributed by atoms with Crippen LogP contribution in [-0.4, -0.2) is 24.1 Å². The van der Waals surface area contributed by atoms with Crippen LogP contribution in [0.1, 0.15) is 25.0 Å². The number of aromatic nitrogens is 1. The van der Waals surface area contributed by atoms with Crippen molar-refractivity contribution in [2.45, 2.75) is 25.8 Å². The van der Waals surface area contributed by atoms with Crippen LogP contribution in [0.3, 0.4) is 0 Å². The maximum Gasteiger partial charge on any atom is 0.220 e. The average Bonchev–Trinajstić information content (AvgIpc) is 2.74. The summed E-state index contributed by atoms with van der Waals surface area (Å²) >= 11 is 1.39. The van der Waals surface area contributed by atoms with E-state index in [-0.39, 0.29) is 5.91 Å². The van der Waals surface area contributed by atoms with Crippen molar-refractivity contribution in [1.82, 2.24) is 10.3 Å². The molecule has 1 fully saturated rings. The van der Waals surface area contributed by atoms with Crippen molar-refractivity contribution in [3.05, 3.63) is 11.1 Å². The molecule has 1 aromatic rings. The predicted molar refractivity (Wildman–Crippen MR) is 66.5 cm³/mol. The van der Waals surface area contributed by atoms with Crippen molar-refractivity contribution in [3.63, 3.8) is 0 Å². The van der Waals surface area contributed by atoms with Crippen LogP contribution in [0.15, 0.2) is 5.38 Å². The molecule has 0 aromatic carbocycles. The summed E-state index contributed by atoms with van der Waals surface area (Å²) in [7, 11) is 0. The minimum atomic E-state index is 0.0621. The van der Waals surface area contributed by atoms with Crippen LogP contribution in [0.5, 0.6) is 0 Å². The van der Waals surface area contributed by atoms with Crippen molar-refractivity contribution in [3.8, 4) is 0 Å². The van der Waals surface area contributed by atoms with Crippen LogP contribution < -0.4 is 11.1 Å². The van der Waals surface area contributed by atoms with Crippen LogP contribution in [0.25, 0.3) is 0 Å². The van der Waals surface area contributed by atoms with Gasteiger partial charge in [-0.1, -0.05) is 0 Å². The Bertz CT molecular complexity index is 375. The standard InChI is InChI=1S/C11H17N3O2S/c12-11-14-9(7-17-11)5-13-10(15)4-8-2-1-3-16-6-8/h7-8H,1-6H2,(H2,12,14)(H,13,15)/t8-/m1/s1. The largest absolute Gasteiger partial charge is 0.381 e. The van der Waals surface area contributed by atoms with Crippen LogP contribution in [0.2, 0.25) is 0 Å². The van der Waals surface area contributed by atoms with Gasteiger partial charge in [0.1, 0.15) is 0 Å². The number of nitrogens with one attached hydrogen (secondary N) is 1. The number of nitrogens with two attached hydrogens (primary N) is 1. The van der Waals surface area contributed by atoms with E-state index in [0.29, 0.717) is 30.6 Å². The number of carbonyl (C=O) groups excluding carboxylic acids is 1.